The van der Waals surface area contributed by atoms with Gasteiger partial charge in [-0.3, -0.25) is 4.68 Å². The number of ether oxygens (including phenoxy) is 1. The van der Waals surface area contributed by atoms with E-state index in [-0.39, 0.29) is 0 Å². The van der Waals surface area contributed by atoms with Crippen molar-refractivity contribution in [1.29, 1.82) is 0 Å². The van der Waals surface area contributed by atoms with E-state index < -0.39 is 0 Å². The third-order valence-corrected chi connectivity index (χ3v) is 4.30. The first-order chi connectivity index (χ1) is 10.3. The van der Waals surface area contributed by atoms with Gasteiger partial charge in [0, 0.05) is 30.3 Å². The van der Waals surface area contributed by atoms with E-state index in [0.717, 1.165) is 31.7 Å². The number of nitrogens with zero attached hydrogens (tertiary/aromatic N) is 2. The van der Waals surface area contributed by atoms with Gasteiger partial charge in [-0.05, 0) is 31.5 Å². The Labute approximate surface area is 126 Å². The smallest absolute Gasteiger partial charge is 0.122 e. The van der Waals surface area contributed by atoms with Crippen molar-refractivity contribution in [3.63, 3.8) is 0 Å². The largest absolute Gasteiger partial charge is 0.493 e. The lowest BCUT2D eigenvalue weighted by Gasteiger charge is -2.25. The third kappa shape index (κ3) is 2.95. The van der Waals surface area contributed by atoms with E-state index in [1.807, 2.05) is 19.3 Å². The number of hydrogen-bond donors (Lipinski definition) is 1. The molecule has 1 aliphatic heterocycles. The molecule has 1 aromatic carbocycles. The molecule has 0 radical (unpaired) electrons. The monoisotopic (exact) mass is 285 g/mol. The van der Waals surface area contributed by atoms with Crippen LogP contribution in [0, 0.1) is 0 Å². The first-order valence-corrected chi connectivity index (χ1v) is 7.73. The van der Waals surface area contributed by atoms with Gasteiger partial charge in [-0.1, -0.05) is 25.1 Å². The summed E-state index contributed by atoms with van der Waals surface area (Å²) in [5, 5.41) is 7.86. The molecule has 1 aliphatic rings. The molecule has 1 aromatic heterocycles. The van der Waals surface area contributed by atoms with Crippen LogP contribution in [-0.2, 0) is 6.54 Å². The highest BCUT2D eigenvalue weighted by molar-refractivity contribution is 5.37. The standard InChI is InChI=1S/C17H23N3O/c1-3-16(18-2)14-10-19-20(12-14)11-13-8-9-21-17-7-5-4-6-15(13)17/h4-7,10,12-13,16,18H,3,8-9,11H2,1-2H3. The minimum atomic E-state index is 0.390. The molecule has 2 aromatic rings. The summed E-state index contributed by atoms with van der Waals surface area (Å²) in [7, 11) is 2.00. The van der Waals surface area contributed by atoms with Crippen LogP contribution in [0.25, 0.3) is 0 Å². The number of hydrogen-bond acceptors (Lipinski definition) is 3. The first-order valence-electron chi connectivity index (χ1n) is 7.73. The van der Waals surface area contributed by atoms with Crippen molar-refractivity contribution in [3.8, 4) is 5.75 Å². The number of rotatable bonds is 5. The van der Waals surface area contributed by atoms with Gasteiger partial charge >= 0.3 is 0 Å². The zero-order chi connectivity index (χ0) is 14.7. The normalized spacial score (nSPS) is 18.9. The second-order valence-corrected chi connectivity index (χ2v) is 5.62. The maximum absolute atomic E-state index is 5.73. The molecular formula is C17H23N3O. The number of aromatic nitrogens is 2. The van der Waals surface area contributed by atoms with Crippen LogP contribution in [0.15, 0.2) is 36.7 Å². The number of fused-ring (bicyclic) bond motifs is 1. The summed E-state index contributed by atoms with van der Waals surface area (Å²) < 4.78 is 7.80. The molecule has 2 unspecified atom stereocenters. The van der Waals surface area contributed by atoms with E-state index in [0.29, 0.717) is 12.0 Å². The van der Waals surface area contributed by atoms with Crippen molar-refractivity contribution in [2.24, 2.45) is 0 Å². The fourth-order valence-electron chi connectivity index (χ4n) is 3.10. The molecule has 1 N–H and O–H groups in total. The van der Waals surface area contributed by atoms with Crippen molar-refractivity contribution in [2.75, 3.05) is 13.7 Å². The molecule has 2 atom stereocenters. The van der Waals surface area contributed by atoms with E-state index in [2.05, 4.69) is 46.4 Å². The molecule has 21 heavy (non-hydrogen) atoms. The lowest BCUT2D eigenvalue weighted by molar-refractivity contribution is 0.256. The van der Waals surface area contributed by atoms with Crippen LogP contribution in [0.2, 0.25) is 0 Å². The van der Waals surface area contributed by atoms with Crippen molar-refractivity contribution < 1.29 is 4.74 Å². The Kier molecular flexibility index (Phi) is 4.25. The van der Waals surface area contributed by atoms with E-state index >= 15 is 0 Å². The van der Waals surface area contributed by atoms with Crippen LogP contribution in [-0.4, -0.2) is 23.4 Å². The molecule has 112 valence electrons. The highest BCUT2D eigenvalue weighted by atomic mass is 16.5. The molecule has 0 saturated heterocycles. The van der Waals surface area contributed by atoms with Gasteiger partial charge in [-0.25, -0.2) is 0 Å². The maximum Gasteiger partial charge on any atom is 0.122 e. The fraction of sp³-hybridized carbons (Fsp3) is 0.471. The van der Waals surface area contributed by atoms with Crippen molar-refractivity contribution in [2.45, 2.75) is 38.3 Å². The van der Waals surface area contributed by atoms with Crippen LogP contribution in [0.1, 0.15) is 42.9 Å². The average molecular weight is 285 g/mol. The van der Waals surface area contributed by atoms with E-state index in [9.17, 15) is 0 Å². The number of nitrogens with one attached hydrogen (secondary N) is 1. The summed E-state index contributed by atoms with van der Waals surface area (Å²) in [5.74, 6) is 1.51. The molecule has 4 heteroatoms. The summed E-state index contributed by atoms with van der Waals surface area (Å²) >= 11 is 0. The average Bonchev–Trinajstić information content (AvgIpc) is 2.97. The quantitative estimate of drug-likeness (QED) is 0.917. The van der Waals surface area contributed by atoms with Crippen molar-refractivity contribution in [3.05, 3.63) is 47.8 Å². The van der Waals surface area contributed by atoms with E-state index in [1.165, 1.54) is 11.1 Å². The van der Waals surface area contributed by atoms with Gasteiger partial charge in [0.25, 0.3) is 0 Å². The third-order valence-electron chi connectivity index (χ3n) is 4.30. The molecule has 0 spiro atoms. The van der Waals surface area contributed by atoms with Gasteiger partial charge in [0.05, 0.1) is 12.8 Å². The summed E-state index contributed by atoms with van der Waals surface area (Å²) in [6.45, 7) is 3.90. The highest BCUT2D eigenvalue weighted by Gasteiger charge is 2.22. The summed E-state index contributed by atoms with van der Waals surface area (Å²) in [6, 6.07) is 8.74. The number of benzene rings is 1. The summed E-state index contributed by atoms with van der Waals surface area (Å²) in [6.07, 6.45) is 6.27. The van der Waals surface area contributed by atoms with E-state index in [4.69, 9.17) is 4.74 Å². The lowest BCUT2D eigenvalue weighted by Crippen LogP contribution is -2.19. The molecule has 0 saturated carbocycles. The molecule has 2 heterocycles. The zero-order valence-corrected chi connectivity index (χ0v) is 12.7. The summed E-state index contributed by atoms with van der Waals surface area (Å²) in [4.78, 5) is 0. The number of para-hydroxylation sites is 1. The Morgan fingerprint density at radius 3 is 3.10 bits per heavy atom. The fourth-order valence-corrected chi connectivity index (χ4v) is 3.10. The molecular weight excluding hydrogens is 262 g/mol. The molecule has 0 fully saturated rings. The zero-order valence-electron chi connectivity index (χ0n) is 12.7. The molecule has 3 rings (SSSR count). The first kappa shape index (κ1) is 14.1. The van der Waals surface area contributed by atoms with E-state index in [1.54, 1.807) is 0 Å². The van der Waals surface area contributed by atoms with Gasteiger partial charge in [-0.2, -0.15) is 5.10 Å². The van der Waals surface area contributed by atoms with Gasteiger partial charge in [-0.15, -0.1) is 0 Å². The molecule has 0 amide bonds. The van der Waals surface area contributed by atoms with Crippen LogP contribution in [0.4, 0.5) is 0 Å². The summed E-state index contributed by atoms with van der Waals surface area (Å²) in [5.41, 5.74) is 2.57. The molecule has 0 bridgehead atoms. The Hall–Kier alpha value is -1.81. The maximum atomic E-state index is 5.73. The minimum absolute atomic E-state index is 0.390. The van der Waals surface area contributed by atoms with Crippen LogP contribution in [0.3, 0.4) is 0 Å². The highest BCUT2D eigenvalue weighted by Crippen LogP contribution is 2.34. The van der Waals surface area contributed by atoms with Gasteiger partial charge in [0.2, 0.25) is 0 Å². The Bertz CT molecular complexity index is 589. The molecule has 4 nitrogen and oxygen atoms in total. The predicted molar refractivity (Wildman–Crippen MR) is 83.6 cm³/mol. The van der Waals surface area contributed by atoms with Gasteiger partial charge < -0.3 is 10.1 Å². The van der Waals surface area contributed by atoms with Crippen molar-refractivity contribution >= 4 is 0 Å². The van der Waals surface area contributed by atoms with Crippen LogP contribution >= 0.6 is 0 Å². The SMILES string of the molecule is CCC(NC)c1cnn(CC2CCOc3ccccc32)c1. The Balaban J connectivity index is 1.76. The topological polar surface area (TPSA) is 39.1 Å². The molecule has 0 aliphatic carbocycles. The Morgan fingerprint density at radius 2 is 2.29 bits per heavy atom. The minimum Gasteiger partial charge on any atom is -0.493 e. The van der Waals surface area contributed by atoms with Gasteiger partial charge in [0.1, 0.15) is 5.75 Å². The second kappa shape index (κ2) is 6.31. The van der Waals surface area contributed by atoms with Crippen LogP contribution < -0.4 is 10.1 Å². The van der Waals surface area contributed by atoms with Crippen LogP contribution in [0.5, 0.6) is 5.75 Å². The lowest BCUT2D eigenvalue weighted by atomic mass is 9.93. The second-order valence-electron chi connectivity index (χ2n) is 5.62. The van der Waals surface area contributed by atoms with Gasteiger partial charge in [0.15, 0.2) is 0 Å². The van der Waals surface area contributed by atoms with Crippen molar-refractivity contribution in [1.82, 2.24) is 15.1 Å². The predicted octanol–water partition coefficient (Wildman–Crippen LogP) is 3.12. The Morgan fingerprint density at radius 1 is 1.43 bits per heavy atom.